The monoisotopic (exact) mass is 379 g/mol. The van der Waals surface area contributed by atoms with Crippen LogP contribution in [0, 0.1) is 6.92 Å². The van der Waals surface area contributed by atoms with Gasteiger partial charge in [0.25, 0.3) is 0 Å². The van der Waals surface area contributed by atoms with Gasteiger partial charge in [0, 0.05) is 0 Å². The third kappa shape index (κ3) is 3.71. The fourth-order valence-corrected chi connectivity index (χ4v) is 3.44. The van der Waals surface area contributed by atoms with Crippen LogP contribution in [0.2, 0.25) is 0 Å². The quantitative estimate of drug-likeness (QED) is 0.360. The number of fused-ring (bicyclic) bond motifs is 1. The standard InChI is InChI=1S/C21H17NO4S/c1-13-18(22-21(25-13)19-4-3-9-27-19)12-20(23)26-17-8-6-14-5-7-16(24-2)10-15(14)11-17/h3-11H,12H2,1-2H3. The van der Waals surface area contributed by atoms with Crippen molar-refractivity contribution in [2.24, 2.45) is 0 Å². The molecule has 4 rings (SSSR count). The van der Waals surface area contributed by atoms with E-state index in [2.05, 4.69) is 4.98 Å². The number of aromatic nitrogens is 1. The van der Waals surface area contributed by atoms with Gasteiger partial charge in [-0.2, -0.15) is 0 Å². The number of rotatable bonds is 5. The lowest BCUT2D eigenvalue weighted by atomic mass is 10.1. The van der Waals surface area contributed by atoms with Gasteiger partial charge in [-0.15, -0.1) is 11.3 Å². The Morgan fingerprint density at radius 3 is 2.63 bits per heavy atom. The number of methoxy groups -OCH3 is 1. The Bertz CT molecular complexity index is 1100. The van der Waals surface area contributed by atoms with Crippen LogP contribution in [0.5, 0.6) is 11.5 Å². The minimum absolute atomic E-state index is 0.0524. The molecule has 0 aliphatic rings. The number of aryl methyl sites for hydroxylation is 1. The van der Waals surface area contributed by atoms with Crippen molar-refractivity contribution >= 4 is 28.1 Å². The number of esters is 1. The minimum atomic E-state index is -0.383. The summed E-state index contributed by atoms with van der Waals surface area (Å²) in [5.74, 6) is 2.01. The highest BCUT2D eigenvalue weighted by molar-refractivity contribution is 7.13. The van der Waals surface area contributed by atoms with Crippen LogP contribution in [0.4, 0.5) is 0 Å². The average Bonchev–Trinajstić information content (AvgIpc) is 3.31. The lowest BCUT2D eigenvalue weighted by Crippen LogP contribution is -2.12. The van der Waals surface area contributed by atoms with E-state index in [0.717, 1.165) is 21.4 Å². The van der Waals surface area contributed by atoms with Crippen molar-refractivity contribution in [1.29, 1.82) is 0 Å². The van der Waals surface area contributed by atoms with Gasteiger partial charge in [-0.3, -0.25) is 4.79 Å². The molecule has 4 aromatic rings. The van der Waals surface area contributed by atoms with E-state index in [1.165, 1.54) is 0 Å². The topological polar surface area (TPSA) is 61.6 Å². The predicted molar refractivity (Wildman–Crippen MR) is 104 cm³/mol. The van der Waals surface area contributed by atoms with Gasteiger partial charge in [0.05, 0.1) is 24.1 Å². The van der Waals surface area contributed by atoms with Crippen LogP contribution in [0.25, 0.3) is 21.5 Å². The Morgan fingerprint density at radius 1 is 1.11 bits per heavy atom. The van der Waals surface area contributed by atoms with Gasteiger partial charge in [-0.25, -0.2) is 4.98 Å². The number of nitrogens with zero attached hydrogens (tertiary/aromatic N) is 1. The van der Waals surface area contributed by atoms with E-state index in [-0.39, 0.29) is 12.4 Å². The van der Waals surface area contributed by atoms with E-state index in [4.69, 9.17) is 13.9 Å². The van der Waals surface area contributed by atoms with Gasteiger partial charge >= 0.3 is 5.97 Å². The maximum absolute atomic E-state index is 12.4. The third-order valence-corrected chi connectivity index (χ3v) is 5.04. The van der Waals surface area contributed by atoms with E-state index >= 15 is 0 Å². The molecule has 0 saturated carbocycles. The van der Waals surface area contributed by atoms with Crippen molar-refractivity contribution in [2.45, 2.75) is 13.3 Å². The van der Waals surface area contributed by atoms with Crippen LogP contribution < -0.4 is 9.47 Å². The van der Waals surface area contributed by atoms with Crippen LogP contribution >= 0.6 is 11.3 Å². The summed E-state index contributed by atoms with van der Waals surface area (Å²) in [5.41, 5.74) is 0.589. The number of ether oxygens (including phenoxy) is 2. The molecule has 0 bridgehead atoms. The van der Waals surface area contributed by atoms with Crippen LogP contribution in [0.1, 0.15) is 11.5 Å². The molecular weight excluding hydrogens is 362 g/mol. The van der Waals surface area contributed by atoms with E-state index in [9.17, 15) is 4.79 Å². The first kappa shape index (κ1) is 17.3. The van der Waals surface area contributed by atoms with Gasteiger partial charge in [0.1, 0.15) is 17.3 Å². The molecule has 0 atom stereocenters. The largest absolute Gasteiger partial charge is 0.497 e. The van der Waals surface area contributed by atoms with Crippen molar-refractivity contribution in [1.82, 2.24) is 4.98 Å². The zero-order chi connectivity index (χ0) is 18.8. The summed E-state index contributed by atoms with van der Waals surface area (Å²) in [6.45, 7) is 1.80. The number of thiophene rings is 1. The molecule has 0 spiro atoms. The molecule has 27 heavy (non-hydrogen) atoms. The molecular formula is C21H17NO4S. The van der Waals surface area contributed by atoms with Crippen molar-refractivity contribution in [2.75, 3.05) is 7.11 Å². The molecule has 0 radical (unpaired) electrons. The lowest BCUT2D eigenvalue weighted by Gasteiger charge is -2.06. The molecule has 0 fully saturated rings. The Hall–Kier alpha value is -3.12. The van der Waals surface area contributed by atoms with Crippen LogP contribution in [-0.2, 0) is 11.2 Å². The summed E-state index contributed by atoms with van der Waals surface area (Å²) in [6.07, 6.45) is 0.0524. The van der Waals surface area contributed by atoms with Crippen LogP contribution in [-0.4, -0.2) is 18.1 Å². The summed E-state index contributed by atoms with van der Waals surface area (Å²) in [5, 5.41) is 3.94. The Kier molecular flexibility index (Phi) is 4.64. The van der Waals surface area contributed by atoms with Crippen LogP contribution in [0.3, 0.4) is 0 Å². The maximum Gasteiger partial charge on any atom is 0.317 e. The molecule has 2 aromatic heterocycles. The Morgan fingerprint density at radius 2 is 1.89 bits per heavy atom. The summed E-state index contributed by atoms with van der Waals surface area (Å²) < 4.78 is 16.4. The van der Waals surface area contributed by atoms with Gasteiger partial charge < -0.3 is 13.9 Å². The zero-order valence-electron chi connectivity index (χ0n) is 14.9. The number of carbonyl (C=O) groups is 1. The highest BCUT2D eigenvalue weighted by Crippen LogP contribution is 2.27. The first-order valence-electron chi connectivity index (χ1n) is 8.41. The first-order chi connectivity index (χ1) is 13.1. The summed E-state index contributed by atoms with van der Waals surface area (Å²) in [4.78, 5) is 17.7. The molecule has 5 nitrogen and oxygen atoms in total. The zero-order valence-corrected chi connectivity index (χ0v) is 15.7. The lowest BCUT2D eigenvalue weighted by molar-refractivity contribution is -0.133. The molecule has 0 aliphatic heterocycles. The fraction of sp³-hybridized carbons (Fsp3) is 0.143. The fourth-order valence-electron chi connectivity index (χ4n) is 2.80. The summed E-state index contributed by atoms with van der Waals surface area (Å²) >= 11 is 1.54. The Labute approximate surface area is 160 Å². The van der Waals surface area contributed by atoms with E-state index in [1.807, 2.05) is 47.8 Å². The van der Waals surface area contributed by atoms with Gasteiger partial charge in [-0.05, 0) is 53.4 Å². The van der Waals surface area contributed by atoms with Gasteiger partial charge in [0.15, 0.2) is 0 Å². The highest BCUT2D eigenvalue weighted by Gasteiger charge is 2.16. The number of hydrogen-bond acceptors (Lipinski definition) is 6. The predicted octanol–water partition coefficient (Wildman–Crippen LogP) is 5.02. The van der Waals surface area contributed by atoms with E-state index in [0.29, 0.717) is 23.1 Å². The van der Waals surface area contributed by atoms with Gasteiger partial charge in [-0.1, -0.05) is 18.2 Å². The molecule has 0 unspecified atom stereocenters. The number of benzene rings is 2. The first-order valence-corrected chi connectivity index (χ1v) is 9.29. The number of oxazole rings is 1. The van der Waals surface area contributed by atoms with E-state index in [1.54, 1.807) is 31.4 Å². The molecule has 0 aliphatic carbocycles. The van der Waals surface area contributed by atoms with E-state index < -0.39 is 0 Å². The molecule has 136 valence electrons. The normalized spacial score (nSPS) is 10.9. The summed E-state index contributed by atoms with van der Waals surface area (Å²) in [7, 11) is 1.62. The minimum Gasteiger partial charge on any atom is -0.497 e. The molecule has 6 heteroatoms. The van der Waals surface area contributed by atoms with Crippen molar-refractivity contribution in [3.63, 3.8) is 0 Å². The third-order valence-electron chi connectivity index (χ3n) is 4.19. The number of carbonyl (C=O) groups excluding carboxylic acids is 1. The Balaban J connectivity index is 1.50. The highest BCUT2D eigenvalue weighted by atomic mass is 32.1. The molecule has 0 saturated heterocycles. The van der Waals surface area contributed by atoms with Crippen molar-refractivity contribution in [3.05, 3.63) is 65.4 Å². The van der Waals surface area contributed by atoms with Crippen molar-refractivity contribution < 1.29 is 18.7 Å². The second-order valence-corrected chi connectivity index (χ2v) is 6.97. The number of hydrogen-bond donors (Lipinski definition) is 0. The molecule has 2 heterocycles. The van der Waals surface area contributed by atoms with Crippen LogP contribution in [0.15, 0.2) is 58.3 Å². The van der Waals surface area contributed by atoms with Gasteiger partial charge in [0.2, 0.25) is 5.89 Å². The SMILES string of the molecule is COc1ccc2ccc(OC(=O)Cc3nc(-c4cccs4)oc3C)cc2c1. The molecule has 0 amide bonds. The molecule has 2 aromatic carbocycles. The smallest absolute Gasteiger partial charge is 0.317 e. The molecule has 0 N–H and O–H groups in total. The second-order valence-electron chi connectivity index (χ2n) is 6.02. The summed E-state index contributed by atoms with van der Waals surface area (Å²) in [6, 6.07) is 15.1. The van der Waals surface area contributed by atoms with Crippen molar-refractivity contribution in [3.8, 4) is 22.3 Å². The second kappa shape index (κ2) is 7.25. The average molecular weight is 379 g/mol. The maximum atomic E-state index is 12.4.